The second-order valence-corrected chi connectivity index (χ2v) is 9.21. The first-order valence-electron chi connectivity index (χ1n) is 11.8. The molecule has 0 saturated carbocycles. The van der Waals surface area contributed by atoms with Crippen LogP contribution in [-0.4, -0.2) is 28.1 Å². The van der Waals surface area contributed by atoms with Gasteiger partial charge in [-0.1, -0.05) is 80.7 Å². The summed E-state index contributed by atoms with van der Waals surface area (Å²) < 4.78 is 13.2. The molecule has 1 aromatic heterocycles. The van der Waals surface area contributed by atoms with Gasteiger partial charge in [-0.3, -0.25) is 14.9 Å². The molecule has 0 radical (unpaired) electrons. The van der Waals surface area contributed by atoms with Crippen LogP contribution in [0.2, 0.25) is 0 Å². The van der Waals surface area contributed by atoms with Gasteiger partial charge in [0.15, 0.2) is 0 Å². The summed E-state index contributed by atoms with van der Waals surface area (Å²) >= 11 is 1.20. The number of unbranched alkanes of at least 4 members (excludes halogenated alkanes) is 5. The largest absolute Gasteiger partial charge is 0.344 e. The third-order valence-corrected chi connectivity index (χ3v) is 6.33. The number of halogens is 1. The Morgan fingerprint density at radius 2 is 1.65 bits per heavy atom. The van der Waals surface area contributed by atoms with Gasteiger partial charge in [-0.05, 0) is 36.2 Å². The maximum absolute atomic E-state index is 13.2. The second kappa shape index (κ2) is 13.5. The van der Waals surface area contributed by atoms with Gasteiger partial charge in [0.2, 0.25) is 16.9 Å². The van der Waals surface area contributed by atoms with Gasteiger partial charge in [-0.25, -0.2) is 4.39 Å². The number of benzene rings is 2. The van der Waals surface area contributed by atoms with Crippen molar-refractivity contribution in [2.75, 3.05) is 5.32 Å². The highest BCUT2D eigenvalue weighted by Crippen LogP contribution is 2.26. The Morgan fingerprint density at radius 1 is 0.941 bits per heavy atom. The Labute approximate surface area is 204 Å². The first-order valence-corrected chi connectivity index (χ1v) is 12.6. The van der Waals surface area contributed by atoms with Crippen LogP contribution in [0.3, 0.4) is 0 Å². The van der Waals surface area contributed by atoms with E-state index < -0.39 is 6.04 Å². The van der Waals surface area contributed by atoms with E-state index in [0.717, 1.165) is 24.8 Å². The molecule has 0 fully saturated rings. The number of hydrogen-bond acceptors (Lipinski definition) is 5. The quantitative estimate of drug-likeness (QED) is 0.303. The molecule has 3 rings (SSSR count). The molecule has 6 nitrogen and oxygen atoms in total. The summed E-state index contributed by atoms with van der Waals surface area (Å²) in [5, 5.41) is 14.7. The molecule has 8 heteroatoms. The predicted molar refractivity (Wildman–Crippen MR) is 134 cm³/mol. The minimum Gasteiger partial charge on any atom is -0.344 e. The van der Waals surface area contributed by atoms with Crippen molar-refractivity contribution < 1.29 is 14.0 Å². The van der Waals surface area contributed by atoms with E-state index in [4.69, 9.17) is 0 Å². The molecule has 2 N–H and O–H groups in total. The summed E-state index contributed by atoms with van der Waals surface area (Å²) in [4.78, 5) is 25.6. The van der Waals surface area contributed by atoms with Crippen molar-refractivity contribution in [3.63, 3.8) is 0 Å². The van der Waals surface area contributed by atoms with E-state index in [9.17, 15) is 14.0 Å². The number of aromatic nitrogens is 2. The first kappa shape index (κ1) is 25.5. The molecule has 0 saturated heterocycles. The third kappa shape index (κ3) is 8.33. The van der Waals surface area contributed by atoms with Crippen molar-refractivity contribution in [1.29, 1.82) is 0 Å². The lowest BCUT2D eigenvalue weighted by Crippen LogP contribution is -2.45. The average Bonchev–Trinajstić information content (AvgIpc) is 3.30. The normalized spacial score (nSPS) is 11.7. The summed E-state index contributed by atoms with van der Waals surface area (Å²) in [5.74, 6) is -0.806. The molecular weight excluding hydrogens is 451 g/mol. The fourth-order valence-corrected chi connectivity index (χ4v) is 4.32. The smallest absolute Gasteiger partial charge is 0.249 e. The highest BCUT2D eigenvalue weighted by atomic mass is 32.1. The van der Waals surface area contributed by atoms with Crippen LogP contribution in [0.5, 0.6) is 0 Å². The number of nitrogens with zero attached hydrogens (tertiary/aromatic N) is 2. The van der Waals surface area contributed by atoms with Crippen molar-refractivity contribution in [2.45, 2.75) is 64.3 Å². The van der Waals surface area contributed by atoms with Gasteiger partial charge in [0.05, 0.1) is 0 Å². The summed E-state index contributed by atoms with van der Waals surface area (Å²) in [6.45, 7) is 2.18. The molecule has 2 aromatic carbocycles. The van der Waals surface area contributed by atoms with Crippen LogP contribution in [0.15, 0.2) is 54.6 Å². The van der Waals surface area contributed by atoms with E-state index in [2.05, 4.69) is 27.8 Å². The van der Waals surface area contributed by atoms with Crippen LogP contribution in [0, 0.1) is 5.82 Å². The summed E-state index contributed by atoms with van der Waals surface area (Å²) in [5.41, 5.74) is 1.67. The van der Waals surface area contributed by atoms with Crippen LogP contribution in [0.4, 0.5) is 9.52 Å². The van der Waals surface area contributed by atoms with Crippen LogP contribution in [-0.2, 0) is 16.0 Å². The zero-order valence-corrected chi connectivity index (χ0v) is 20.2. The van der Waals surface area contributed by atoms with Gasteiger partial charge >= 0.3 is 0 Å². The first-order chi connectivity index (χ1) is 16.5. The lowest BCUT2D eigenvalue weighted by Gasteiger charge is -2.18. The maximum atomic E-state index is 13.2. The molecule has 2 amide bonds. The molecule has 1 unspecified atom stereocenters. The number of carbonyl (C=O) groups excluding carboxylic acids is 2. The zero-order chi connectivity index (χ0) is 24.2. The average molecular weight is 483 g/mol. The molecule has 0 spiro atoms. The predicted octanol–water partition coefficient (Wildman–Crippen LogP) is 5.76. The van der Waals surface area contributed by atoms with E-state index in [1.807, 2.05) is 30.3 Å². The highest BCUT2D eigenvalue weighted by molar-refractivity contribution is 7.18. The molecule has 180 valence electrons. The summed E-state index contributed by atoms with van der Waals surface area (Å²) in [6, 6.07) is 14.8. The Kier molecular flexibility index (Phi) is 10.2. The minimum absolute atomic E-state index is 0.129. The molecule has 1 heterocycles. The monoisotopic (exact) mass is 482 g/mol. The zero-order valence-electron chi connectivity index (χ0n) is 19.4. The van der Waals surface area contributed by atoms with E-state index in [0.29, 0.717) is 28.5 Å². The number of nitrogens with one attached hydrogen (secondary N) is 2. The van der Waals surface area contributed by atoms with Gasteiger partial charge in [-0.15, -0.1) is 10.2 Å². The van der Waals surface area contributed by atoms with Crippen molar-refractivity contribution in [3.05, 3.63) is 66.0 Å². The second-order valence-electron chi connectivity index (χ2n) is 8.24. The molecule has 1 atom stereocenters. The third-order valence-electron chi connectivity index (χ3n) is 5.44. The van der Waals surface area contributed by atoms with Gasteiger partial charge < -0.3 is 5.32 Å². The van der Waals surface area contributed by atoms with Crippen molar-refractivity contribution >= 4 is 28.3 Å². The number of rotatable bonds is 13. The van der Waals surface area contributed by atoms with Crippen molar-refractivity contribution in [2.24, 2.45) is 0 Å². The number of hydrogen-bond donors (Lipinski definition) is 2. The summed E-state index contributed by atoms with van der Waals surface area (Å²) in [6.07, 6.45) is 7.33. The molecule has 34 heavy (non-hydrogen) atoms. The molecule has 0 bridgehead atoms. The Hall–Kier alpha value is -3.13. The number of amides is 2. The van der Waals surface area contributed by atoms with Crippen LogP contribution >= 0.6 is 11.3 Å². The summed E-state index contributed by atoms with van der Waals surface area (Å²) in [7, 11) is 0. The van der Waals surface area contributed by atoms with E-state index in [1.165, 1.54) is 42.7 Å². The minimum atomic E-state index is -0.729. The van der Waals surface area contributed by atoms with Crippen molar-refractivity contribution in [1.82, 2.24) is 15.5 Å². The standard InChI is InChI=1S/C26H31FN4O2S/c1-2-3-4-5-6-10-13-23(32)28-22(18-19-11-8-7-9-12-19)24(33)29-26-31-30-25(34-26)20-14-16-21(27)17-15-20/h7-9,11-12,14-17,22H,2-6,10,13,18H2,1H3,(H,28,32)(H,29,31,33). The number of anilines is 1. The van der Waals surface area contributed by atoms with E-state index in [1.54, 1.807) is 12.1 Å². The van der Waals surface area contributed by atoms with Gasteiger partial charge in [0.1, 0.15) is 16.9 Å². The molecule has 3 aromatic rings. The maximum Gasteiger partial charge on any atom is 0.249 e. The van der Waals surface area contributed by atoms with Gasteiger partial charge in [0, 0.05) is 18.4 Å². The molecule has 0 aliphatic rings. The van der Waals surface area contributed by atoms with E-state index in [-0.39, 0.29) is 17.6 Å². The van der Waals surface area contributed by atoms with Crippen LogP contribution in [0.25, 0.3) is 10.6 Å². The molecular formula is C26H31FN4O2S. The van der Waals surface area contributed by atoms with Crippen LogP contribution < -0.4 is 10.6 Å². The van der Waals surface area contributed by atoms with Crippen molar-refractivity contribution in [3.8, 4) is 10.6 Å². The Morgan fingerprint density at radius 3 is 2.38 bits per heavy atom. The molecule has 0 aliphatic heterocycles. The van der Waals surface area contributed by atoms with Crippen LogP contribution in [0.1, 0.15) is 57.4 Å². The highest BCUT2D eigenvalue weighted by Gasteiger charge is 2.22. The SMILES string of the molecule is CCCCCCCCC(=O)NC(Cc1ccccc1)C(=O)Nc1nnc(-c2ccc(F)cc2)s1. The molecule has 0 aliphatic carbocycles. The fraction of sp³-hybridized carbons (Fsp3) is 0.385. The fourth-order valence-electron chi connectivity index (χ4n) is 3.57. The van der Waals surface area contributed by atoms with Gasteiger partial charge in [-0.2, -0.15) is 0 Å². The Bertz CT molecular complexity index is 1040. The lowest BCUT2D eigenvalue weighted by molar-refractivity contribution is -0.126. The lowest BCUT2D eigenvalue weighted by atomic mass is 10.0. The topological polar surface area (TPSA) is 84.0 Å². The number of carbonyl (C=O) groups is 2. The Balaban J connectivity index is 1.60. The van der Waals surface area contributed by atoms with Gasteiger partial charge in [0.25, 0.3) is 0 Å². The van der Waals surface area contributed by atoms with E-state index >= 15 is 0 Å².